The highest BCUT2D eigenvalue weighted by molar-refractivity contribution is 8.00. The van der Waals surface area contributed by atoms with Crippen molar-refractivity contribution in [3.05, 3.63) is 65.2 Å². The maximum atomic E-state index is 12.9. The minimum absolute atomic E-state index is 0.252. The molecule has 3 rings (SSSR count). The van der Waals surface area contributed by atoms with E-state index >= 15 is 0 Å². The molecule has 0 spiro atoms. The number of hydrogen-bond acceptors (Lipinski definition) is 5. The Balaban J connectivity index is 1.86. The van der Waals surface area contributed by atoms with Crippen molar-refractivity contribution in [3.63, 3.8) is 0 Å². The van der Waals surface area contributed by atoms with Crippen molar-refractivity contribution in [1.29, 1.82) is 0 Å². The van der Waals surface area contributed by atoms with Gasteiger partial charge in [-0.25, -0.2) is 9.97 Å². The van der Waals surface area contributed by atoms with Crippen molar-refractivity contribution in [2.75, 3.05) is 10.5 Å². The summed E-state index contributed by atoms with van der Waals surface area (Å²) in [6, 6.07) is 13.2. The number of anilines is 2. The number of pyridine rings is 2. The van der Waals surface area contributed by atoms with Crippen molar-refractivity contribution in [1.82, 2.24) is 9.97 Å². The van der Waals surface area contributed by atoms with E-state index in [0.717, 1.165) is 12.1 Å². The Hall–Kier alpha value is -2.45. The normalized spacial score (nSPS) is 11.4. The van der Waals surface area contributed by atoms with E-state index in [-0.39, 0.29) is 16.3 Å². The lowest BCUT2D eigenvalue weighted by molar-refractivity contribution is -0.137. The second-order valence-electron chi connectivity index (χ2n) is 5.21. The number of nitrogens with one attached hydrogen (secondary N) is 1. The zero-order valence-corrected chi connectivity index (χ0v) is 14.7. The molecule has 2 aromatic heterocycles. The third-order valence-electron chi connectivity index (χ3n) is 3.31. The van der Waals surface area contributed by atoms with Crippen LogP contribution in [0.4, 0.5) is 24.8 Å². The third kappa shape index (κ3) is 4.39. The molecule has 0 bridgehead atoms. The number of alkyl halides is 3. The number of halogens is 4. The van der Waals surface area contributed by atoms with E-state index in [4.69, 9.17) is 17.3 Å². The molecule has 0 aliphatic carbocycles. The number of nitrogens with two attached hydrogens (primary N) is 1. The molecular formula is C17H12ClF3N4S. The minimum atomic E-state index is -4.44. The highest BCUT2D eigenvalue weighted by Crippen LogP contribution is 2.34. The number of hydrogen-bond donors (Lipinski definition) is 2. The van der Waals surface area contributed by atoms with E-state index in [2.05, 4.69) is 14.7 Å². The van der Waals surface area contributed by atoms with Crippen LogP contribution >= 0.6 is 23.5 Å². The van der Waals surface area contributed by atoms with Crippen molar-refractivity contribution in [3.8, 4) is 11.3 Å². The minimum Gasteiger partial charge on any atom is -0.384 e. The summed E-state index contributed by atoms with van der Waals surface area (Å²) in [5.41, 5.74) is 5.39. The molecule has 0 aliphatic rings. The molecule has 0 saturated carbocycles. The zero-order valence-electron chi connectivity index (χ0n) is 13.1. The van der Waals surface area contributed by atoms with Gasteiger partial charge in [-0.2, -0.15) is 13.2 Å². The molecule has 1 aromatic carbocycles. The molecule has 2 heterocycles. The molecule has 0 aliphatic heterocycles. The van der Waals surface area contributed by atoms with Crippen LogP contribution in [0.5, 0.6) is 0 Å². The first-order valence-electron chi connectivity index (χ1n) is 7.32. The molecule has 26 heavy (non-hydrogen) atoms. The van der Waals surface area contributed by atoms with Crippen LogP contribution in [0.1, 0.15) is 5.56 Å². The molecule has 3 N–H and O–H groups in total. The van der Waals surface area contributed by atoms with Crippen LogP contribution in [-0.4, -0.2) is 9.97 Å². The molecule has 0 atom stereocenters. The fraction of sp³-hybridized carbons (Fsp3) is 0.0588. The summed E-state index contributed by atoms with van der Waals surface area (Å²) in [5.74, 6) is 0.807. The van der Waals surface area contributed by atoms with E-state index in [1.807, 2.05) is 0 Å². The summed E-state index contributed by atoms with van der Waals surface area (Å²) >= 11 is 7.31. The van der Waals surface area contributed by atoms with E-state index < -0.39 is 11.7 Å². The average molecular weight is 397 g/mol. The van der Waals surface area contributed by atoms with Gasteiger partial charge in [-0.05, 0) is 36.4 Å². The van der Waals surface area contributed by atoms with Gasteiger partial charge >= 0.3 is 6.18 Å². The van der Waals surface area contributed by atoms with Crippen LogP contribution in [-0.2, 0) is 6.18 Å². The van der Waals surface area contributed by atoms with Crippen LogP contribution in [0.3, 0.4) is 0 Å². The van der Waals surface area contributed by atoms with E-state index in [0.29, 0.717) is 16.7 Å². The van der Waals surface area contributed by atoms with Crippen LogP contribution in [0.15, 0.2) is 59.6 Å². The molecule has 134 valence electrons. The maximum Gasteiger partial charge on any atom is 0.416 e. The molecule has 0 saturated heterocycles. The van der Waals surface area contributed by atoms with Crippen LogP contribution in [0, 0.1) is 0 Å². The predicted molar refractivity (Wildman–Crippen MR) is 97.8 cm³/mol. The number of nitrogen functional groups attached to an aromatic ring is 1. The maximum absolute atomic E-state index is 12.9. The summed E-state index contributed by atoms with van der Waals surface area (Å²) in [7, 11) is 0. The highest BCUT2D eigenvalue weighted by atomic mass is 35.5. The lowest BCUT2D eigenvalue weighted by Crippen LogP contribution is -2.04. The molecule has 0 amide bonds. The smallest absolute Gasteiger partial charge is 0.384 e. The van der Waals surface area contributed by atoms with Gasteiger partial charge < -0.3 is 10.5 Å². The Morgan fingerprint density at radius 3 is 2.50 bits per heavy atom. The molecule has 0 unspecified atom stereocenters. The molecule has 4 nitrogen and oxygen atoms in total. The third-order valence-corrected chi connectivity index (χ3v) is 4.37. The van der Waals surface area contributed by atoms with Gasteiger partial charge in [0.15, 0.2) is 0 Å². The second kappa shape index (κ2) is 7.43. The fourth-order valence-corrected chi connectivity index (χ4v) is 2.97. The molecule has 0 radical (unpaired) electrons. The van der Waals surface area contributed by atoms with Gasteiger partial charge in [0.2, 0.25) is 0 Å². The SMILES string of the molecule is Nc1cccc(SNc2ccc(Cl)c(-c3cccc(C(F)(F)F)c3)n2)n1. The summed E-state index contributed by atoms with van der Waals surface area (Å²) in [5, 5.41) is 0.879. The Kier molecular flexibility index (Phi) is 5.24. The van der Waals surface area contributed by atoms with Crippen LogP contribution in [0.25, 0.3) is 11.3 Å². The quantitative estimate of drug-likeness (QED) is 0.569. The number of nitrogens with zero attached hydrogens (tertiary/aromatic N) is 2. The Morgan fingerprint density at radius 2 is 1.77 bits per heavy atom. The lowest BCUT2D eigenvalue weighted by Gasteiger charge is -2.11. The Labute approximate surface area is 156 Å². The van der Waals surface area contributed by atoms with E-state index in [9.17, 15) is 13.2 Å². The average Bonchev–Trinajstić information content (AvgIpc) is 2.60. The molecule has 3 aromatic rings. The number of aromatic nitrogens is 2. The summed E-state index contributed by atoms with van der Waals surface area (Å²) < 4.78 is 41.7. The van der Waals surface area contributed by atoms with Gasteiger partial charge in [0.05, 0.1) is 16.3 Å². The summed E-state index contributed by atoms with van der Waals surface area (Å²) in [6.45, 7) is 0. The predicted octanol–water partition coefficient (Wildman–Crippen LogP) is 5.52. The standard InChI is InChI=1S/C17H12ClF3N4S/c18-12-7-8-14(25-26-15-6-2-5-13(22)23-15)24-16(12)10-3-1-4-11(9-10)17(19,20)21/h1-9H,(H2,22,23)(H,24,25). The lowest BCUT2D eigenvalue weighted by atomic mass is 10.1. The van der Waals surface area contributed by atoms with Crippen molar-refractivity contribution >= 4 is 35.2 Å². The van der Waals surface area contributed by atoms with E-state index in [1.54, 1.807) is 30.3 Å². The summed E-state index contributed by atoms with van der Waals surface area (Å²) in [4.78, 5) is 8.44. The first kappa shape index (κ1) is 18.3. The van der Waals surface area contributed by atoms with Gasteiger partial charge in [-0.3, -0.25) is 0 Å². The zero-order chi connectivity index (χ0) is 18.7. The first-order valence-corrected chi connectivity index (χ1v) is 8.52. The second-order valence-corrected chi connectivity index (χ2v) is 6.44. The van der Waals surface area contributed by atoms with E-state index in [1.165, 1.54) is 24.1 Å². The fourth-order valence-electron chi connectivity index (χ4n) is 2.14. The van der Waals surface area contributed by atoms with Crippen molar-refractivity contribution in [2.24, 2.45) is 0 Å². The van der Waals surface area contributed by atoms with Crippen molar-refractivity contribution in [2.45, 2.75) is 11.2 Å². The van der Waals surface area contributed by atoms with Crippen molar-refractivity contribution < 1.29 is 13.2 Å². The van der Waals surface area contributed by atoms with Gasteiger partial charge in [-0.15, -0.1) is 0 Å². The van der Waals surface area contributed by atoms with Crippen LogP contribution in [0.2, 0.25) is 5.02 Å². The topological polar surface area (TPSA) is 63.8 Å². The number of rotatable bonds is 4. The van der Waals surface area contributed by atoms with Gasteiger partial charge in [-0.1, -0.05) is 29.8 Å². The molecule has 0 fully saturated rings. The van der Waals surface area contributed by atoms with Gasteiger partial charge in [0, 0.05) is 17.5 Å². The molecule has 9 heteroatoms. The first-order chi connectivity index (χ1) is 12.3. The monoisotopic (exact) mass is 396 g/mol. The van der Waals surface area contributed by atoms with Gasteiger partial charge in [0.1, 0.15) is 16.7 Å². The Morgan fingerprint density at radius 1 is 1.00 bits per heavy atom. The summed E-state index contributed by atoms with van der Waals surface area (Å²) in [6.07, 6.45) is -4.44. The van der Waals surface area contributed by atoms with Crippen LogP contribution < -0.4 is 10.5 Å². The van der Waals surface area contributed by atoms with Gasteiger partial charge in [0.25, 0.3) is 0 Å². The highest BCUT2D eigenvalue weighted by Gasteiger charge is 2.30. The Bertz CT molecular complexity index is 934. The number of benzene rings is 1. The largest absolute Gasteiger partial charge is 0.416 e. The molecular weight excluding hydrogens is 385 g/mol.